The number of anilines is 2. The summed E-state index contributed by atoms with van der Waals surface area (Å²) in [6, 6.07) is 10.2. The van der Waals surface area contributed by atoms with Crippen molar-refractivity contribution in [3.8, 4) is 0 Å². The number of ether oxygens (including phenoxy) is 1. The molecule has 0 atom stereocenters. The standard InChI is InChI=1S/C23H29ClN4O2S/c1-18(29)30-16-15-27-10-3-9-26(13-14-27)11-4-12-28-20-7-6-19(24)17-22(20)31-21-5-2-8-25-23(21)28/h2,5-8,17H,3-4,9-16H2,1H3. The average molecular weight is 461 g/mol. The number of halogens is 1. The number of hydrogen-bond donors (Lipinski definition) is 0. The van der Waals surface area contributed by atoms with Crippen molar-refractivity contribution in [2.75, 3.05) is 57.3 Å². The molecule has 1 saturated heterocycles. The zero-order valence-corrected chi connectivity index (χ0v) is 19.5. The molecule has 1 aromatic carbocycles. The number of hydrogen-bond acceptors (Lipinski definition) is 7. The van der Waals surface area contributed by atoms with Crippen LogP contribution in [0.3, 0.4) is 0 Å². The van der Waals surface area contributed by atoms with Gasteiger partial charge in [0.2, 0.25) is 0 Å². The minimum atomic E-state index is -0.201. The molecule has 0 spiro atoms. The third-order valence-electron chi connectivity index (χ3n) is 5.69. The first-order valence-electron chi connectivity index (χ1n) is 10.9. The van der Waals surface area contributed by atoms with Gasteiger partial charge >= 0.3 is 5.97 Å². The van der Waals surface area contributed by atoms with Gasteiger partial charge in [0.05, 0.1) is 10.6 Å². The molecular formula is C23H29ClN4O2S. The maximum absolute atomic E-state index is 11.0. The number of rotatable bonds is 7. The summed E-state index contributed by atoms with van der Waals surface area (Å²) in [7, 11) is 0. The van der Waals surface area contributed by atoms with Gasteiger partial charge in [-0.25, -0.2) is 4.98 Å². The molecule has 1 aromatic heterocycles. The molecule has 3 heterocycles. The lowest BCUT2D eigenvalue weighted by Gasteiger charge is -2.32. The van der Waals surface area contributed by atoms with Crippen LogP contribution in [0.4, 0.5) is 11.5 Å². The topological polar surface area (TPSA) is 48.9 Å². The monoisotopic (exact) mass is 460 g/mol. The van der Waals surface area contributed by atoms with Crippen molar-refractivity contribution in [1.29, 1.82) is 0 Å². The number of nitrogens with zero attached hydrogens (tertiary/aromatic N) is 4. The number of benzene rings is 1. The van der Waals surface area contributed by atoms with Gasteiger partial charge in [-0.15, -0.1) is 0 Å². The summed E-state index contributed by atoms with van der Waals surface area (Å²) in [5, 5.41) is 0.765. The minimum absolute atomic E-state index is 0.201. The van der Waals surface area contributed by atoms with Crippen LogP contribution in [0.25, 0.3) is 0 Å². The molecule has 2 aliphatic rings. The van der Waals surface area contributed by atoms with E-state index in [-0.39, 0.29) is 5.97 Å². The van der Waals surface area contributed by atoms with Gasteiger partial charge in [0.25, 0.3) is 0 Å². The number of esters is 1. The number of carbonyl (C=O) groups is 1. The molecule has 166 valence electrons. The normalized spacial score (nSPS) is 17.0. The van der Waals surface area contributed by atoms with Crippen molar-refractivity contribution in [3.05, 3.63) is 41.6 Å². The van der Waals surface area contributed by atoms with Crippen molar-refractivity contribution in [3.63, 3.8) is 0 Å². The Hall–Kier alpha value is -1.80. The first-order chi connectivity index (χ1) is 15.1. The van der Waals surface area contributed by atoms with E-state index in [4.69, 9.17) is 16.3 Å². The summed E-state index contributed by atoms with van der Waals surface area (Å²) in [4.78, 5) is 25.3. The SMILES string of the molecule is CC(=O)OCCN1CCCN(CCCN2c3ccc(Cl)cc3Sc3cccnc32)CC1. The highest BCUT2D eigenvalue weighted by atomic mass is 35.5. The van der Waals surface area contributed by atoms with E-state index in [2.05, 4.69) is 31.8 Å². The second-order valence-corrected chi connectivity index (χ2v) is 9.44. The van der Waals surface area contributed by atoms with E-state index in [0.717, 1.165) is 69.5 Å². The quantitative estimate of drug-likeness (QED) is 0.571. The van der Waals surface area contributed by atoms with E-state index in [0.29, 0.717) is 6.61 Å². The second-order valence-electron chi connectivity index (χ2n) is 7.92. The number of carbonyl (C=O) groups excluding carboxylic acids is 1. The summed E-state index contributed by atoms with van der Waals surface area (Å²) in [5.74, 6) is 0.835. The highest BCUT2D eigenvalue weighted by molar-refractivity contribution is 7.99. The Morgan fingerprint density at radius 2 is 1.90 bits per heavy atom. The van der Waals surface area contributed by atoms with Crippen LogP contribution in [-0.2, 0) is 9.53 Å². The maximum atomic E-state index is 11.0. The molecule has 8 heteroatoms. The second kappa shape index (κ2) is 10.7. The van der Waals surface area contributed by atoms with Crippen LogP contribution >= 0.6 is 23.4 Å². The summed E-state index contributed by atoms with van der Waals surface area (Å²) >= 11 is 7.99. The Labute approximate surface area is 193 Å². The molecule has 6 nitrogen and oxygen atoms in total. The van der Waals surface area contributed by atoms with Gasteiger partial charge in [0.1, 0.15) is 12.4 Å². The smallest absolute Gasteiger partial charge is 0.302 e. The van der Waals surface area contributed by atoms with E-state index in [1.165, 1.54) is 22.4 Å². The molecule has 0 amide bonds. The molecule has 0 bridgehead atoms. The number of aromatic nitrogens is 1. The molecule has 2 aromatic rings. The Kier molecular flexibility index (Phi) is 7.72. The fraction of sp³-hybridized carbons (Fsp3) is 0.478. The molecule has 4 rings (SSSR count). The van der Waals surface area contributed by atoms with Crippen molar-refractivity contribution >= 4 is 40.8 Å². The molecule has 0 aliphatic carbocycles. The molecule has 31 heavy (non-hydrogen) atoms. The molecule has 0 radical (unpaired) electrons. The highest BCUT2D eigenvalue weighted by Crippen LogP contribution is 2.47. The van der Waals surface area contributed by atoms with Gasteiger partial charge in [-0.2, -0.15) is 0 Å². The van der Waals surface area contributed by atoms with Crippen LogP contribution < -0.4 is 4.90 Å². The summed E-state index contributed by atoms with van der Waals surface area (Å²) < 4.78 is 5.09. The third kappa shape index (κ3) is 5.92. The van der Waals surface area contributed by atoms with Crippen molar-refractivity contribution in [2.45, 2.75) is 29.6 Å². The largest absolute Gasteiger partial charge is 0.465 e. The lowest BCUT2D eigenvalue weighted by molar-refractivity contribution is -0.141. The molecule has 1 fully saturated rings. The van der Waals surface area contributed by atoms with Gasteiger partial charge in [-0.1, -0.05) is 23.4 Å². The van der Waals surface area contributed by atoms with E-state index < -0.39 is 0 Å². The van der Waals surface area contributed by atoms with Gasteiger partial charge in [0.15, 0.2) is 0 Å². The fourth-order valence-corrected chi connectivity index (χ4v) is 5.50. The molecule has 0 unspecified atom stereocenters. The average Bonchev–Trinajstić information content (AvgIpc) is 2.98. The van der Waals surface area contributed by atoms with Crippen LogP contribution in [0, 0.1) is 0 Å². The maximum Gasteiger partial charge on any atom is 0.302 e. The van der Waals surface area contributed by atoms with E-state index in [1.807, 2.05) is 24.4 Å². The predicted octanol–water partition coefficient (Wildman–Crippen LogP) is 4.30. The Bertz CT molecular complexity index is 913. The first-order valence-corrected chi connectivity index (χ1v) is 12.1. The van der Waals surface area contributed by atoms with Crippen LogP contribution in [-0.4, -0.2) is 73.2 Å². The Balaban J connectivity index is 1.32. The van der Waals surface area contributed by atoms with Gasteiger partial charge in [-0.3, -0.25) is 9.69 Å². The van der Waals surface area contributed by atoms with Crippen molar-refractivity contribution in [1.82, 2.24) is 14.8 Å². The van der Waals surface area contributed by atoms with Crippen LogP contribution in [0.5, 0.6) is 0 Å². The first kappa shape index (κ1) is 22.4. The molecule has 0 saturated carbocycles. The molecule has 0 N–H and O–H groups in total. The predicted molar refractivity (Wildman–Crippen MR) is 126 cm³/mol. The Morgan fingerprint density at radius 3 is 2.71 bits per heavy atom. The summed E-state index contributed by atoms with van der Waals surface area (Å²) in [6.45, 7) is 9.00. The van der Waals surface area contributed by atoms with Crippen LogP contribution in [0.1, 0.15) is 19.8 Å². The fourth-order valence-electron chi connectivity index (χ4n) is 4.16. The van der Waals surface area contributed by atoms with E-state index in [9.17, 15) is 4.79 Å². The lowest BCUT2D eigenvalue weighted by atomic mass is 10.2. The summed E-state index contributed by atoms with van der Waals surface area (Å²) in [5.41, 5.74) is 1.19. The molecular weight excluding hydrogens is 432 g/mol. The highest BCUT2D eigenvalue weighted by Gasteiger charge is 2.24. The Morgan fingerprint density at radius 1 is 1.10 bits per heavy atom. The zero-order chi connectivity index (χ0) is 21.6. The van der Waals surface area contributed by atoms with Gasteiger partial charge in [0, 0.05) is 49.2 Å². The number of pyridine rings is 1. The number of fused-ring (bicyclic) bond motifs is 2. The molecule has 2 aliphatic heterocycles. The zero-order valence-electron chi connectivity index (χ0n) is 17.9. The van der Waals surface area contributed by atoms with Crippen molar-refractivity contribution in [2.24, 2.45) is 0 Å². The minimum Gasteiger partial charge on any atom is -0.465 e. The lowest BCUT2D eigenvalue weighted by Crippen LogP contribution is -2.34. The third-order valence-corrected chi connectivity index (χ3v) is 7.01. The van der Waals surface area contributed by atoms with Crippen LogP contribution in [0.2, 0.25) is 5.02 Å². The van der Waals surface area contributed by atoms with Crippen molar-refractivity contribution < 1.29 is 9.53 Å². The van der Waals surface area contributed by atoms with E-state index in [1.54, 1.807) is 11.8 Å². The van der Waals surface area contributed by atoms with Crippen LogP contribution in [0.15, 0.2) is 46.3 Å². The van der Waals surface area contributed by atoms with E-state index >= 15 is 0 Å². The van der Waals surface area contributed by atoms with Gasteiger partial charge in [-0.05, 0) is 62.8 Å². The summed E-state index contributed by atoms with van der Waals surface area (Å²) in [6.07, 6.45) is 4.08. The van der Waals surface area contributed by atoms with Gasteiger partial charge < -0.3 is 14.5 Å².